The van der Waals surface area contributed by atoms with Gasteiger partial charge in [-0.25, -0.2) is 4.79 Å². The van der Waals surface area contributed by atoms with Crippen LogP contribution in [-0.2, 0) is 20.9 Å². The fourth-order valence-electron chi connectivity index (χ4n) is 3.07. The number of likely N-dealkylation sites (tertiary alicyclic amines) is 1. The van der Waals surface area contributed by atoms with Crippen LogP contribution in [0.25, 0.3) is 0 Å². The van der Waals surface area contributed by atoms with Crippen LogP contribution in [0.2, 0.25) is 0 Å². The number of rotatable bonds is 6. The van der Waals surface area contributed by atoms with Crippen LogP contribution in [0.15, 0.2) is 36.4 Å². The molecule has 0 saturated carbocycles. The number of nitrogens with one attached hydrogen (secondary N) is 1. The number of ether oxygens (including phenoxy) is 1. The molecule has 27 heavy (non-hydrogen) atoms. The van der Waals surface area contributed by atoms with Crippen LogP contribution in [0.3, 0.4) is 0 Å². The van der Waals surface area contributed by atoms with E-state index in [2.05, 4.69) is 5.32 Å². The average Bonchev–Trinajstić information content (AvgIpc) is 3.19. The molecule has 0 bridgehead atoms. The van der Waals surface area contributed by atoms with Crippen molar-refractivity contribution < 1.29 is 19.1 Å². The Kier molecular flexibility index (Phi) is 5.91. The second-order valence-corrected chi connectivity index (χ2v) is 7.55. The second kappa shape index (κ2) is 8.35. The molecule has 7 heteroatoms. The van der Waals surface area contributed by atoms with E-state index in [9.17, 15) is 14.4 Å². The van der Waals surface area contributed by atoms with Gasteiger partial charge < -0.3 is 15.0 Å². The highest BCUT2D eigenvalue weighted by Gasteiger charge is 2.34. The first-order valence-corrected chi connectivity index (χ1v) is 9.69. The summed E-state index contributed by atoms with van der Waals surface area (Å²) in [7, 11) is 0. The van der Waals surface area contributed by atoms with Gasteiger partial charge in [-0.3, -0.25) is 9.59 Å². The van der Waals surface area contributed by atoms with Gasteiger partial charge in [-0.15, -0.1) is 11.3 Å². The molecule has 2 aromatic rings. The minimum absolute atomic E-state index is 0.0198. The largest absolute Gasteiger partial charge is 0.462 e. The van der Waals surface area contributed by atoms with E-state index in [-0.39, 0.29) is 24.2 Å². The summed E-state index contributed by atoms with van der Waals surface area (Å²) in [5, 5.41) is 3.43. The maximum Gasteiger partial charge on any atom is 0.348 e. The van der Waals surface area contributed by atoms with Crippen molar-refractivity contribution >= 4 is 34.1 Å². The Morgan fingerprint density at radius 1 is 1.30 bits per heavy atom. The number of esters is 1. The highest BCUT2D eigenvalue weighted by molar-refractivity contribution is 7.18. The summed E-state index contributed by atoms with van der Waals surface area (Å²) in [5.41, 5.74) is 1.81. The lowest BCUT2D eigenvalue weighted by Gasteiger charge is -2.16. The third-order valence-electron chi connectivity index (χ3n) is 4.43. The molecular weight excluding hydrogens is 364 g/mol. The number of amides is 2. The van der Waals surface area contributed by atoms with Gasteiger partial charge in [0.25, 0.3) is 0 Å². The Hall–Kier alpha value is -2.67. The molecule has 2 heterocycles. The number of benzene rings is 1. The lowest BCUT2D eigenvalue weighted by molar-refractivity contribution is -0.128. The molecule has 1 atom stereocenters. The number of hydrogen-bond acceptors (Lipinski definition) is 5. The van der Waals surface area contributed by atoms with Gasteiger partial charge in [-0.05, 0) is 31.0 Å². The summed E-state index contributed by atoms with van der Waals surface area (Å²) in [6, 6.07) is 11.5. The molecule has 0 aliphatic carbocycles. The molecule has 1 N–H and O–H groups in total. The summed E-state index contributed by atoms with van der Waals surface area (Å²) < 4.78 is 5.02. The molecule has 1 aliphatic rings. The minimum atomic E-state index is -0.394. The molecule has 0 radical (unpaired) electrons. The number of nitrogens with zero attached hydrogens (tertiary/aromatic N) is 1. The maximum atomic E-state index is 12.6. The molecular formula is C20H22N2O4S. The highest BCUT2D eigenvalue weighted by Crippen LogP contribution is 2.29. The zero-order valence-corrected chi connectivity index (χ0v) is 16.2. The summed E-state index contributed by atoms with van der Waals surface area (Å²) >= 11 is 1.19. The average molecular weight is 386 g/mol. The van der Waals surface area contributed by atoms with Crippen LogP contribution >= 0.6 is 11.3 Å². The van der Waals surface area contributed by atoms with Gasteiger partial charge >= 0.3 is 5.97 Å². The van der Waals surface area contributed by atoms with Crippen molar-refractivity contribution in [2.24, 2.45) is 5.92 Å². The fraction of sp³-hybridized carbons (Fsp3) is 0.350. The number of hydrogen-bond donors (Lipinski definition) is 1. The molecule has 2 amide bonds. The predicted molar refractivity (Wildman–Crippen MR) is 104 cm³/mol. The molecule has 1 saturated heterocycles. The molecule has 1 aliphatic heterocycles. The number of thiophene rings is 1. The van der Waals surface area contributed by atoms with E-state index in [1.807, 2.05) is 30.3 Å². The third-order valence-corrected chi connectivity index (χ3v) is 5.56. The molecule has 1 aromatic heterocycles. The van der Waals surface area contributed by atoms with E-state index in [1.54, 1.807) is 24.8 Å². The lowest BCUT2D eigenvalue weighted by Crippen LogP contribution is -2.27. The van der Waals surface area contributed by atoms with Gasteiger partial charge in [0.05, 0.1) is 17.5 Å². The van der Waals surface area contributed by atoms with Gasteiger partial charge in [0.15, 0.2) is 0 Å². The van der Waals surface area contributed by atoms with E-state index in [0.29, 0.717) is 29.6 Å². The van der Waals surface area contributed by atoms with Crippen molar-refractivity contribution in [1.82, 2.24) is 4.90 Å². The summed E-state index contributed by atoms with van der Waals surface area (Å²) in [6.45, 7) is 4.77. The van der Waals surface area contributed by atoms with E-state index in [4.69, 9.17) is 4.74 Å². The zero-order valence-electron chi connectivity index (χ0n) is 15.4. The Labute approximate surface area is 162 Å². The lowest BCUT2D eigenvalue weighted by atomic mass is 10.1. The molecule has 0 unspecified atom stereocenters. The smallest absolute Gasteiger partial charge is 0.348 e. The van der Waals surface area contributed by atoms with Crippen molar-refractivity contribution in [2.75, 3.05) is 18.5 Å². The Bertz CT molecular complexity index is 847. The molecule has 1 fully saturated rings. The first-order chi connectivity index (χ1) is 13.0. The van der Waals surface area contributed by atoms with Crippen LogP contribution in [0.4, 0.5) is 5.00 Å². The van der Waals surface area contributed by atoms with Gasteiger partial charge in [0.2, 0.25) is 11.8 Å². The number of carbonyl (C=O) groups is 3. The molecule has 142 valence electrons. The number of carbonyl (C=O) groups excluding carboxylic acids is 3. The van der Waals surface area contributed by atoms with Crippen molar-refractivity contribution in [3.05, 3.63) is 52.4 Å². The number of anilines is 1. The molecule has 3 rings (SSSR count). The van der Waals surface area contributed by atoms with Crippen LogP contribution in [0.5, 0.6) is 0 Å². The number of aryl methyl sites for hydroxylation is 1. The monoisotopic (exact) mass is 386 g/mol. The van der Waals surface area contributed by atoms with Gasteiger partial charge in [-0.1, -0.05) is 30.3 Å². The van der Waals surface area contributed by atoms with E-state index < -0.39 is 5.92 Å². The highest BCUT2D eigenvalue weighted by atomic mass is 32.1. The standard InChI is InChI=1S/C20H22N2O4S/c1-3-26-20(25)18-13(2)9-16(27-18)21-19(24)15-10-17(23)22(12-15)11-14-7-5-4-6-8-14/h4-9,15H,3,10-12H2,1-2H3,(H,21,24)/t15-/m0/s1. The topological polar surface area (TPSA) is 75.7 Å². The van der Waals surface area contributed by atoms with Gasteiger partial charge in [0, 0.05) is 19.5 Å². The van der Waals surface area contributed by atoms with Crippen LogP contribution in [-0.4, -0.2) is 35.8 Å². The predicted octanol–water partition coefficient (Wildman–Crippen LogP) is 3.22. The normalized spacial score (nSPS) is 16.4. The fourth-order valence-corrected chi connectivity index (χ4v) is 4.04. The summed E-state index contributed by atoms with van der Waals surface area (Å²) in [5.74, 6) is -0.996. The minimum Gasteiger partial charge on any atom is -0.462 e. The Balaban J connectivity index is 1.61. The van der Waals surface area contributed by atoms with Crippen LogP contribution < -0.4 is 5.32 Å². The third kappa shape index (κ3) is 4.54. The molecule has 1 aromatic carbocycles. The van der Waals surface area contributed by atoms with Crippen molar-refractivity contribution in [3.63, 3.8) is 0 Å². The van der Waals surface area contributed by atoms with Crippen molar-refractivity contribution in [3.8, 4) is 0 Å². The van der Waals surface area contributed by atoms with Crippen molar-refractivity contribution in [1.29, 1.82) is 0 Å². The summed E-state index contributed by atoms with van der Waals surface area (Å²) in [6.07, 6.45) is 0.202. The van der Waals surface area contributed by atoms with Crippen molar-refractivity contribution in [2.45, 2.75) is 26.8 Å². The molecule has 6 nitrogen and oxygen atoms in total. The van der Waals surface area contributed by atoms with E-state index in [1.165, 1.54) is 11.3 Å². The molecule has 0 spiro atoms. The van der Waals surface area contributed by atoms with Crippen LogP contribution in [0, 0.1) is 12.8 Å². The van der Waals surface area contributed by atoms with Gasteiger partial charge in [0.1, 0.15) is 4.88 Å². The maximum absolute atomic E-state index is 12.6. The summed E-state index contributed by atoms with van der Waals surface area (Å²) in [4.78, 5) is 38.9. The first-order valence-electron chi connectivity index (χ1n) is 8.88. The SMILES string of the molecule is CCOC(=O)c1sc(NC(=O)[C@H]2CC(=O)N(Cc3ccccc3)C2)cc1C. The second-order valence-electron chi connectivity index (χ2n) is 6.49. The van der Waals surface area contributed by atoms with Gasteiger partial charge in [-0.2, -0.15) is 0 Å². The quantitative estimate of drug-likeness (QED) is 0.774. The van der Waals surface area contributed by atoms with E-state index in [0.717, 1.165) is 11.1 Å². The first kappa shape index (κ1) is 19.1. The van der Waals surface area contributed by atoms with E-state index >= 15 is 0 Å². The Morgan fingerprint density at radius 3 is 2.74 bits per heavy atom. The Morgan fingerprint density at radius 2 is 2.04 bits per heavy atom. The zero-order chi connectivity index (χ0) is 19.4. The van der Waals surface area contributed by atoms with Crippen LogP contribution in [0.1, 0.15) is 34.1 Å².